The molecule has 58 valence electrons. The summed E-state index contributed by atoms with van der Waals surface area (Å²) in [5.74, 6) is 0. The minimum Gasteiger partial charge on any atom is -0.302 e. The molecule has 1 aromatic carbocycles. The second kappa shape index (κ2) is 4.21. The molecule has 0 spiro atoms. The number of carbonyl (C=O) groups excluding carboxylic acids is 1. The van der Waals surface area contributed by atoms with E-state index >= 15 is 0 Å². The van der Waals surface area contributed by atoms with Gasteiger partial charge in [-0.1, -0.05) is 50.7 Å². The summed E-state index contributed by atoms with van der Waals surface area (Å²) in [7, 11) is 0. The largest absolute Gasteiger partial charge is 0.302 e. The molecular weight excluding hydrogens is 319 g/mol. The fraction of sp³-hybridized carbons (Fsp3) is 0.125. The Hall–Kier alpha value is 0.1000. The molecular formula is C8H6BrIO. The van der Waals surface area contributed by atoms with Crippen LogP contribution in [-0.4, -0.2) is 6.29 Å². The van der Waals surface area contributed by atoms with Gasteiger partial charge < -0.3 is 4.79 Å². The maximum Gasteiger partial charge on any atom is 0.137 e. The third-order valence-electron chi connectivity index (χ3n) is 1.29. The Morgan fingerprint density at radius 2 is 2.27 bits per heavy atom. The molecule has 3 heteroatoms. The zero-order valence-corrected chi connectivity index (χ0v) is 9.37. The van der Waals surface area contributed by atoms with Crippen LogP contribution in [0.2, 0.25) is 0 Å². The van der Waals surface area contributed by atoms with E-state index in [0.29, 0.717) is 0 Å². The minimum atomic E-state index is -0.0369. The van der Waals surface area contributed by atoms with Gasteiger partial charge in [-0.2, -0.15) is 0 Å². The first-order chi connectivity index (χ1) is 5.24. The smallest absolute Gasteiger partial charge is 0.137 e. The van der Waals surface area contributed by atoms with Crippen molar-refractivity contribution in [1.29, 1.82) is 0 Å². The highest BCUT2D eigenvalue weighted by molar-refractivity contribution is 14.1. The molecule has 0 aliphatic heterocycles. The standard InChI is InChI=1S/C8H6BrIO/c9-7-3-1-2-6(4-7)8(10)5-11/h1-5,8H. The Labute approximate surface area is 87.5 Å². The summed E-state index contributed by atoms with van der Waals surface area (Å²) in [6.45, 7) is 0. The van der Waals surface area contributed by atoms with E-state index in [-0.39, 0.29) is 3.92 Å². The second-order valence-electron chi connectivity index (χ2n) is 2.09. The number of carbonyl (C=O) groups is 1. The molecule has 0 saturated heterocycles. The number of halogens is 2. The summed E-state index contributed by atoms with van der Waals surface area (Å²) >= 11 is 5.44. The minimum absolute atomic E-state index is 0.0369. The van der Waals surface area contributed by atoms with Crippen LogP contribution in [0.25, 0.3) is 0 Å². The average Bonchev–Trinajstić information content (AvgIpc) is 2.03. The van der Waals surface area contributed by atoms with Crippen molar-refractivity contribution in [2.45, 2.75) is 3.92 Å². The molecule has 0 N–H and O–H groups in total. The monoisotopic (exact) mass is 324 g/mol. The van der Waals surface area contributed by atoms with Gasteiger partial charge in [-0.25, -0.2) is 0 Å². The number of hydrogen-bond acceptors (Lipinski definition) is 1. The highest BCUT2D eigenvalue weighted by atomic mass is 127. The maximum absolute atomic E-state index is 10.4. The van der Waals surface area contributed by atoms with Crippen LogP contribution < -0.4 is 0 Å². The van der Waals surface area contributed by atoms with Crippen molar-refractivity contribution in [2.75, 3.05) is 0 Å². The van der Waals surface area contributed by atoms with E-state index < -0.39 is 0 Å². The Morgan fingerprint density at radius 1 is 1.55 bits per heavy atom. The summed E-state index contributed by atoms with van der Waals surface area (Å²) in [6.07, 6.45) is 0.933. The van der Waals surface area contributed by atoms with Crippen LogP contribution in [0.5, 0.6) is 0 Å². The highest BCUT2D eigenvalue weighted by Gasteiger charge is 2.03. The first-order valence-electron chi connectivity index (χ1n) is 3.09. The number of hydrogen-bond donors (Lipinski definition) is 0. The fourth-order valence-corrected chi connectivity index (χ4v) is 1.56. The molecule has 0 radical (unpaired) electrons. The van der Waals surface area contributed by atoms with Crippen molar-refractivity contribution in [1.82, 2.24) is 0 Å². The third-order valence-corrected chi connectivity index (χ3v) is 2.79. The second-order valence-corrected chi connectivity index (χ2v) is 4.35. The summed E-state index contributed by atoms with van der Waals surface area (Å²) < 4.78 is 0.976. The van der Waals surface area contributed by atoms with Crippen LogP contribution in [0, 0.1) is 0 Å². The molecule has 1 nitrogen and oxygen atoms in total. The van der Waals surface area contributed by atoms with Crippen LogP contribution >= 0.6 is 38.5 Å². The molecule has 0 bridgehead atoms. The Kier molecular flexibility index (Phi) is 3.51. The molecule has 0 saturated carbocycles. The SMILES string of the molecule is O=CC(I)c1cccc(Br)c1. The van der Waals surface area contributed by atoms with Gasteiger partial charge in [0, 0.05) is 4.47 Å². The lowest BCUT2D eigenvalue weighted by atomic mass is 10.2. The molecule has 1 atom stereocenters. The van der Waals surface area contributed by atoms with E-state index in [1.807, 2.05) is 24.3 Å². The fourth-order valence-electron chi connectivity index (χ4n) is 0.757. The first-order valence-corrected chi connectivity index (χ1v) is 5.12. The molecule has 0 heterocycles. The van der Waals surface area contributed by atoms with Gasteiger partial charge in [0.1, 0.15) is 6.29 Å². The summed E-state index contributed by atoms with van der Waals surface area (Å²) in [6, 6.07) is 7.76. The molecule has 0 aliphatic rings. The summed E-state index contributed by atoms with van der Waals surface area (Å²) in [4.78, 5) is 10.4. The van der Waals surface area contributed by atoms with Crippen molar-refractivity contribution in [2.24, 2.45) is 0 Å². The molecule has 0 fully saturated rings. The molecule has 1 rings (SSSR count). The van der Waals surface area contributed by atoms with Gasteiger partial charge in [0.25, 0.3) is 0 Å². The lowest BCUT2D eigenvalue weighted by Gasteiger charge is -2.01. The van der Waals surface area contributed by atoms with Crippen LogP contribution in [-0.2, 0) is 4.79 Å². The van der Waals surface area contributed by atoms with Crippen LogP contribution in [0.4, 0.5) is 0 Å². The zero-order chi connectivity index (χ0) is 8.27. The van der Waals surface area contributed by atoms with Gasteiger partial charge in [-0.3, -0.25) is 0 Å². The molecule has 0 aromatic heterocycles. The normalized spacial score (nSPS) is 12.5. The molecule has 1 aromatic rings. The average molecular weight is 325 g/mol. The van der Waals surface area contributed by atoms with E-state index in [2.05, 4.69) is 38.5 Å². The van der Waals surface area contributed by atoms with Crippen LogP contribution in [0.15, 0.2) is 28.7 Å². The molecule has 0 amide bonds. The van der Waals surface area contributed by atoms with E-state index in [0.717, 1.165) is 16.3 Å². The van der Waals surface area contributed by atoms with Gasteiger partial charge in [-0.15, -0.1) is 0 Å². The number of benzene rings is 1. The summed E-state index contributed by atoms with van der Waals surface area (Å²) in [5, 5.41) is 0. The van der Waals surface area contributed by atoms with Crippen molar-refractivity contribution in [3.8, 4) is 0 Å². The molecule has 0 aliphatic carbocycles. The quantitative estimate of drug-likeness (QED) is 0.464. The highest BCUT2D eigenvalue weighted by Crippen LogP contribution is 2.23. The Bertz CT molecular complexity index is 262. The maximum atomic E-state index is 10.4. The van der Waals surface area contributed by atoms with Gasteiger partial charge in [-0.05, 0) is 17.7 Å². The Balaban J connectivity index is 2.95. The van der Waals surface area contributed by atoms with Crippen molar-refractivity contribution < 1.29 is 4.79 Å². The van der Waals surface area contributed by atoms with Crippen molar-refractivity contribution in [3.05, 3.63) is 34.3 Å². The number of alkyl halides is 1. The van der Waals surface area contributed by atoms with E-state index in [1.54, 1.807) is 0 Å². The van der Waals surface area contributed by atoms with Crippen molar-refractivity contribution >= 4 is 44.8 Å². The first kappa shape index (κ1) is 9.19. The zero-order valence-electron chi connectivity index (χ0n) is 5.63. The van der Waals surface area contributed by atoms with Gasteiger partial charge in [0.15, 0.2) is 0 Å². The molecule has 1 unspecified atom stereocenters. The van der Waals surface area contributed by atoms with Crippen LogP contribution in [0.1, 0.15) is 9.49 Å². The van der Waals surface area contributed by atoms with Crippen molar-refractivity contribution in [3.63, 3.8) is 0 Å². The van der Waals surface area contributed by atoms with Gasteiger partial charge in [0.2, 0.25) is 0 Å². The van der Waals surface area contributed by atoms with E-state index in [4.69, 9.17) is 0 Å². The number of aldehydes is 1. The lowest BCUT2D eigenvalue weighted by Crippen LogP contribution is -1.88. The Morgan fingerprint density at radius 3 is 2.82 bits per heavy atom. The number of rotatable bonds is 2. The van der Waals surface area contributed by atoms with Crippen LogP contribution in [0.3, 0.4) is 0 Å². The van der Waals surface area contributed by atoms with Gasteiger partial charge >= 0.3 is 0 Å². The lowest BCUT2D eigenvalue weighted by molar-refractivity contribution is -0.107. The topological polar surface area (TPSA) is 17.1 Å². The predicted octanol–water partition coefficient (Wildman–Crippen LogP) is 3.12. The van der Waals surface area contributed by atoms with Gasteiger partial charge in [0.05, 0.1) is 3.92 Å². The predicted molar refractivity (Wildman–Crippen MR) is 57.0 cm³/mol. The van der Waals surface area contributed by atoms with E-state index in [1.165, 1.54) is 0 Å². The third kappa shape index (κ3) is 2.56. The molecule has 11 heavy (non-hydrogen) atoms. The summed E-state index contributed by atoms with van der Waals surface area (Å²) in [5.41, 5.74) is 1.04. The van der Waals surface area contributed by atoms with E-state index in [9.17, 15) is 4.79 Å².